The lowest BCUT2D eigenvalue weighted by molar-refractivity contribution is -0.144. The molecule has 0 aromatic rings. The lowest BCUT2D eigenvalue weighted by Crippen LogP contribution is -2.68. The highest BCUT2D eigenvalue weighted by Gasteiger charge is 2.55. The van der Waals surface area contributed by atoms with Crippen LogP contribution >= 0.6 is 0 Å². The second-order valence-corrected chi connectivity index (χ2v) is 9.10. The van der Waals surface area contributed by atoms with Gasteiger partial charge in [-0.15, -0.1) is 0 Å². The van der Waals surface area contributed by atoms with E-state index in [4.69, 9.17) is 26.3 Å². The third-order valence-corrected chi connectivity index (χ3v) is 7.48. The van der Waals surface area contributed by atoms with Gasteiger partial charge in [0.15, 0.2) is 0 Å². The van der Waals surface area contributed by atoms with Crippen LogP contribution in [0.3, 0.4) is 0 Å². The molecular weight excluding hydrogens is 367 g/mol. The number of nitrogens with zero attached hydrogens (tertiary/aromatic N) is 2. The second-order valence-electron chi connectivity index (χ2n) is 7.14. The molecule has 0 saturated carbocycles. The van der Waals surface area contributed by atoms with E-state index >= 15 is 0 Å². The van der Waals surface area contributed by atoms with Crippen molar-refractivity contribution in [3.63, 3.8) is 0 Å². The predicted octanol–water partition coefficient (Wildman–Crippen LogP) is -3.14. The molecule has 2 aliphatic rings. The Hall–Kier alpha value is -0.795. The highest BCUT2D eigenvalue weighted by molar-refractivity contribution is 7.86. The van der Waals surface area contributed by atoms with Crippen molar-refractivity contribution in [2.45, 2.75) is 30.2 Å². The third kappa shape index (κ3) is 3.75. The number of likely N-dealkylation sites (N-methyl/N-ethyl adjacent to an activating group) is 1. The van der Waals surface area contributed by atoms with E-state index in [1.165, 1.54) is 7.05 Å². The summed E-state index contributed by atoms with van der Waals surface area (Å²) in [5.74, 6) is -1.93. The monoisotopic (exact) mass is 394 g/mol. The van der Waals surface area contributed by atoms with Crippen LogP contribution in [0.5, 0.6) is 0 Å². The maximum absolute atomic E-state index is 13.0. The summed E-state index contributed by atoms with van der Waals surface area (Å²) in [6.45, 7) is 0.0254. The molecule has 7 N–H and O–H groups in total. The summed E-state index contributed by atoms with van der Waals surface area (Å²) in [4.78, 5) is 11.7. The van der Waals surface area contributed by atoms with Gasteiger partial charge in [-0.2, -0.15) is 17.0 Å². The second kappa shape index (κ2) is 7.68. The summed E-state index contributed by atoms with van der Waals surface area (Å²) in [6, 6.07) is 0. The molecule has 0 radical (unpaired) electrons. The average molecular weight is 394 g/mol. The van der Waals surface area contributed by atoms with E-state index in [1.54, 1.807) is 0 Å². The zero-order valence-electron chi connectivity index (χ0n) is 14.7. The normalized spacial score (nSPS) is 28.9. The molecule has 11 nitrogen and oxygen atoms in total. The fourth-order valence-corrected chi connectivity index (χ4v) is 5.15. The van der Waals surface area contributed by atoms with E-state index in [-0.39, 0.29) is 45.6 Å². The topological polar surface area (TPSA) is 180 Å². The number of carboxylic acid groups (broad SMARTS) is 1. The fourth-order valence-electron chi connectivity index (χ4n) is 3.39. The molecule has 2 heterocycles. The molecule has 150 valence electrons. The van der Waals surface area contributed by atoms with Crippen molar-refractivity contribution in [3.8, 4) is 0 Å². The van der Waals surface area contributed by atoms with Gasteiger partial charge in [0.05, 0.1) is 18.8 Å². The lowest BCUT2D eigenvalue weighted by Gasteiger charge is -2.47. The van der Waals surface area contributed by atoms with Crippen LogP contribution in [-0.2, 0) is 19.7 Å². The molecule has 0 amide bonds. The summed E-state index contributed by atoms with van der Waals surface area (Å²) in [5.41, 5.74) is 9.19. The summed E-state index contributed by atoms with van der Waals surface area (Å²) in [6.07, 6.45) is 0.645. The number of nitrogens with two attached hydrogens (primary N) is 2. The molecule has 2 atom stereocenters. The van der Waals surface area contributed by atoms with E-state index in [2.05, 4.69) is 0 Å². The summed E-state index contributed by atoms with van der Waals surface area (Å²) < 4.78 is 33.3. The van der Waals surface area contributed by atoms with E-state index in [0.717, 1.165) is 8.61 Å². The number of aliphatic carboxylic acids is 1. The first-order valence-corrected chi connectivity index (χ1v) is 9.79. The molecule has 0 aromatic carbocycles. The van der Waals surface area contributed by atoms with Crippen LogP contribution < -0.4 is 11.5 Å². The van der Waals surface area contributed by atoms with E-state index in [1.807, 2.05) is 0 Å². The van der Waals surface area contributed by atoms with E-state index in [9.17, 15) is 18.3 Å². The predicted molar refractivity (Wildman–Crippen MR) is 93.1 cm³/mol. The van der Waals surface area contributed by atoms with Crippen LogP contribution in [0.1, 0.15) is 12.8 Å². The van der Waals surface area contributed by atoms with Gasteiger partial charge < -0.3 is 31.4 Å². The van der Waals surface area contributed by atoms with Gasteiger partial charge in [0.2, 0.25) is 0 Å². The SMILES string of the molecule is CN(C1(CN)COC1)S(=O)(=O)N1C[C@H](CCCB(O)O)[C@](N)(C(=O)O)C1. The Balaban J connectivity index is 2.18. The maximum atomic E-state index is 13.0. The zero-order chi connectivity index (χ0) is 19.8. The molecule has 13 heteroatoms. The molecule has 0 bridgehead atoms. The quantitative estimate of drug-likeness (QED) is 0.253. The van der Waals surface area contributed by atoms with Crippen LogP contribution in [-0.4, -0.2) is 96.2 Å². The van der Waals surface area contributed by atoms with Crippen molar-refractivity contribution in [2.24, 2.45) is 17.4 Å². The highest BCUT2D eigenvalue weighted by Crippen LogP contribution is 2.35. The molecule has 2 rings (SSSR count). The van der Waals surface area contributed by atoms with Crippen LogP contribution in [0.2, 0.25) is 6.32 Å². The van der Waals surface area contributed by atoms with Crippen LogP contribution in [0.25, 0.3) is 0 Å². The van der Waals surface area contributed by atoms with Crippen LogP contribution in [0, 0.1) is 5.92 Å². The van der Waals surface area contributed by atoms with Crippen LogP contribution in [0.4, 0.5) is 0 Å². The van der Waals surface area contributed by atoms with Gasteiger partial charge in [0.1, 0.15) is 5.54 Å². The molecule has 0 spiro atoms. The number of carboxylic acids is 1. The van der Waals surface area contributed by atoms with Gasteiger partial charge in [-0.3, -0.25) is 4.79 Å². The van der Waals surface area contributed by atoms with Gasteiger partial charge in [-0.1, -0.05) is 6.42 Å². The minimum Gasteiger partial charge on any atom is -0.480 e. The Morgan fingerprint density at radius 3 is 2.46 bits per heavy atom. The first-order chi connectivity index (χ1) is 12.0. The van der Waals surface area contributed by atoms with Gasteiger partial charge in [-0.25, -0.2) is 0 Å². The lowest BCUT2D eigenvalue weighted by atomic mass is 9.78. The van der Waals surface area contributed by atoms with Crippen molar-refractivity contribution in [2.75, 3.05) is 39.9 Å². The first-order valence-electron chi connectivity index (χ1n) is 8.40. The van der Waals surface area contributed by atoms with Crippen molar-refractivity contribution < 1.29 is 33.1 Å². The highest BCUT2D eigenvalue weighted by atomic mass is 32.2. The molecule has 26 heavy (non-hydrogen) atoms. The van der Waals surface area contributed by atoms with Crippen LogP contribution in [0.15, 0.2) is 0 Å². The molecule has 2 saturated heterocycles. The maximum Gasteiger partial charge on any atom is 0.451 e. The van der Waals surface area contributed by atoms with Crippen molar-refractivity contribution in [3.05, 3.63) is 0 Å². The zero-order valence-corrected chi connectivity index (χ0v) is 15.6. The summed E-state index contributed by atoms with van der Waals surface area (Å²) in [5, 5.41) is 27.4. The Morgan fingerprint density at radius 1 is 1.42 bits per heavy atom. The van der Waals surface area contributed by atoms with E-state index in [0.29, 0.717) is 6.42 Å². The average Bonchev–Trinajstić information content (AvgIpc) is 2.86. The molecular formula is C13H27BN4O7S. The molecule has 0 aromatic heterocycles. The van der Waals surface area contributed by atoms with Crippen molar-refractivity contribution in [1.29, 1.82) is 0 Å². The summed E-state index contributed by atoms with van der Waals surface area (Å²) >= 11 is 0. The van der Waals surface area contributed by atoms with E-state index < -0.39 is 40.3 Å². The van der Waals surface area contributed by atoms with Gasteiger partial charge in [0.25, 0.3) is 10.2 Å². The number of hydrogen-bond acceptors (Lipinski definition) is 8. The number of carbonyl (C=O) groups is 1. The number of rotatable bonds is 9. The van der Waals surface area contributed by atoms with Gasteiger partial charge in [-0.05, 0) is 12.7 Å². The minimum absolute atomic E-state index is 0.0570. The van der Waals surface area contributed by atoms with Gasteiger partial charge in [0, 0.05) is 32.6 Å². The Labute approximate surface area is 153 Å². The Morgan fingerprint density at radius 2 is 2.04 bits per heavy atom. The Bertz CT molecular complexity index is 624. The fraction of sp³-hybridized carbons (Fsp3) is 0.923. The molecule has 0 aliphatic carbocycles. The standard InChI is InChI=1S/C13H27BN4O7S/c1-17(12(6-15)8-25-9-12)26(23,24)18-5-10(3-2-4-14(21)22)13(16,7-18)11(19)20/h10,21-22H,2-9,15-16H2,1H3,(H,19,20)/t10-,13-/m0/s1. The Kier molecular flexibility index (Phi) is 6.35. The third-order valence-electron chi connectivity index (χ3n) is 5.47. The minimum atomic E-state index is -3.98. The number of ether oxygens (including phenoxy) is 1. The smallest absolute Gasteiger partial charge is 0.451 e. The largest absolute Gasteiger partial charge is 0.480 e. The first kappa shape index (κ1) is 21.5. The van der Waals surface area contributed by atoms with Crippen molar-refractivity contribution in [1.82, 2.24) is 8.61 Å². The summed E-state index contributed by atoms with van der Waals surface area (Å²) in [7, 11) is -4.08. The molecule has 2 aliphatic heterocycles. The number of hydrogen-bond donors (Lipinski definition) is 5. The van der Waals surface area contributed by atoms with Crippen molar-refractivity contribution >= 4 is 23.3 Å². The molecule has 0 unspecified atom stereocenters. The molecule has 2 fully saturated rings. The van der Waals surface area contributed by atoms with Gasteiger partial charge >= 0.3 is 13.1 Å².